The van der Waals surface area contributed by atoms with Gasteiger partial charge in [-0.3, -0.25) is 4.79 Å². The van der Waals surface area contributed by atoms with Gasteiger partial charge < -0.3 is 15.2 Å². The Morgan fingerprint density at radius 1 is 1.52 bits per heavy atom. The fourth-order valence-corrected chi connectivity index (χ4v) is 2.65. The predicted molar refractivity (Wildman–Crippen MR) is 77.5 cm³/mol. The Kier molecular flexibility index (Phi) is 4.83. The molecule has 1 aliphatic heterocycles. The van der Waals surface area contributed by atoms with E-state index in [9.17, 15) is 14.3 Å². The summed E-state index contributed by atoms with van der Waals surface area (Å²) in [6, 6.07) is 2.79. The van der Waals surface area contributed by atoms with Gasteiger partial charge in [0.1, 0.15) is 0 Å². The van der Waals surface area contributed by atoms with Crippen LogP contribution in [0.25, 0.3) is 0 Å². The molecule has 1 amide bonds. The van der Waals surface area contributed by atoms with Gasteiger partial charge in [0.25, 0.3) is 0 Å². The van der Waals surface area contributed by atoms with E-state index in [2.05, 4.69) is 5.32 Å². The highest BCUT2D eigenvalue weighted by Crippen LogP contribution is 2.37. The van der Waals surface area contributed by atoms with Gasteiger partial charge in [0.15, 0.2) is 11.6 Å². The maximum absolute atomic E-state index is 14.2. The Balaban J connectivity index is 2.35. The first-order valence-electron chi connectivity index (χ1n) is 7.29. The molecule has 1 aromatic rings. The van der Waals surface area contributed by atoms with Crippen LogP contribution >= 0.6 is 0 Å². The normalized spacial score (nSPS) is 18.9. The summed E-state index contributed by atoms with van der Waals surface area (Å²) in [5.41, 5.74) is 1.13. The molecule has 2 rings (SSSR count). The molecule has 0 fully saturated rings. The number of carbonyl (C=O) groups is 1. The van der Waals surface area contributed by atoms with Crippen molar-refractivity contribution in [3.63, 3.8) is 0 Å². The second-order valence-electron chi connectivity index (χ2n) is 5.96. The minimum Gasteiger partial charge on any atom is -0.490 e. The molecule has 1 aliphatic rings. The summed E-state index contributed by atoms with van der Waals surface area (Å²) in [6.07, 6.45) is 0.435. The van der Waals surface area contributed by atoms with Crippen LogP contribution in [0, 0.1) is 11.7 Å². The first-order chi connectivity index (χ1) is 9.88. The zero-order chi connectivity index (χ0) is 15.6. The van der Waals surface area contributed by atoms with Crippen LogP contribution < -0.4 is 10.1 Å². The molecule has 0 spiro atoms. The first-order valence-corrected chi connectivity index (χ1v) is 7.29. The molecule has 2 unspecified atom stereocenters. The third-order valence-corrected chi connectivity index (χ3v) is 3.58. The van der Waals surface area contributed by atoms with E-state index in [1.165, 1.54) is 13.0 Å². The first kappa shape index (κ1) is 15.8. The number of aliphatic hydroxyl groups excluding tert-OH is 1. The largest absolute Gasteiger partial charge is 0.490 e. The van der Waals surface area contributed by atoms with Crippen molar-refractivity contribution >= 4 is 5.91 Å². The summed E-state index contributed by atoms with van der Waals surface area (Å²) in [6.45, 7) is 5.80. The molecule has 1 heterocycles. The average molecular weight is 295 g/mol. The molecule has 0 aliphatic carbocycles. The van der Waals surface area contributed by atoms with Crippen molar-refractivity contribution < 1.29 is 19.0 Å². The monoisotopic (exact) mass is 295 g/mol. The van der Waals surface area contributed by atoms with E-state index in [1.54, 1.807) is 6.07 Å². The second kappa shape index (κ2) is 6.43. The number of nitrogens with one attached hydrogen (secondary N) is 1. The SMILES string of the molecule is CC(=O)NC1CCOc2c(F)cc(C(O)CC(C)C)cc21. The van der Waals surface area contributed by atoms with E-state index in [4.69, 9.17) is 4.74 Å². The summed E-state index contributed by atoms with van der Waals surface area (Å²) >= 11 is 0. The molecule has 0 radical (unpaired) electrons. The van der Waals surface area contributed by atoms with Gasteiger partial charge in [-0.1, -0.05) is 13.8 Å². The van der Waals surface area contributed by atoms with E-state index in [0.29, 0.717) is 36.5 Å². The molecule has 5 heteroatoms. The van der Waals surface area contributed by atoms with Gasteiger partial charge in [0.05, 0.1) is 18.8 Å². The molecule has 0 saturated heterocycles. The Hall–Kier alpha value is -1.62. The van der Waals surface area contributed by atoms with E-state index in [-0.39, 0.29) is 17.7 Å². The number of aliphatic hydroxyl groups is 1. The van der Waals surface area contributed by atoms with Crippen molar-refractivity contribution in [2.75, 3.05) is 6.61 Å². The van der Waals surface area contributed by atoms with E-state index < -0.39 is 11.9 Å². The van der Waals surface area contributed by atoms with Crippen LogP contribution in [0.4, 0.5) is 4.39 Å². The number of rotatable bonds is 4. The maximum atomic E-state index is 14.2. The van der Waals surface area contributed by atoms with Gasteiger partial charge in [-0.15, -0.1) is 0 Å². The van der Waals surface area contributed by atoms with Crippen molar-refractivity contribution in [1.29, 1.82) is 0 Å². The fourth-order valence-electron chi connectivity index (χ4n) is 2.65. The lowest BCUT2D eigenvalue weighted by atomic mass is 9.93. The zero-order valence-corrected chi connectivity index (χ0v) is 12.6. The molecule has 1 aromatic carbocycles. The van der Waals surface area contributed by atoms with Crippen LogP contribution in [0.3, 0.4) is 0 Å². The minimum absolute atomic E-state index is 0.165. The van der Waals surface area contributed by atoms with Gasteiger partial charge in [-0.25, -0.2) is 4.39 Å². The summed E-state index contributed by atoms with van der Waals surface area (Å²) < 4.78 is 19.6. The molecule has 0 bridgehead atoms. The van der Waals surface area contributed by atoms with Crippen LogP contribution in [0.5, 0.6) is 5.75 Å². The second-order valence-corrected chi connectivity index (χ2v) is 5.96. The molecule has 21 heavy (non-hydrogen) atoms. The maximum Gasteiger partial charge on any atom is 0.217 e. The zero-order valence-electron chi connectivity index (χ0n) is 12.6. The minimum atomic E-state index is -0.718. The molecule has 2 atom stereocenters. The van der Waals surface area contributed by atoms with Gasteiger partial charge in [-0.05, 0) is 30.0 Å². The van der Waals surface area contributed by atoms with Crippen LogP contribution in [0.15, 0.2) is 12.1 Å². The topological polar surface area (TPSA) is 58.6 Å². The predicted octanol–water partition coefficient (Wildman–Crippen LogP) is 2.86. The van der Waals surface area contributed by atoms with Crippen molar-refractivity contribution in [3.8, 4) is 5.75 Å². The van der Waals surface area contributed by atoms with E-state index in [1.807, 2.05) is 13.8 Å². The standard InChI is InChI=1S/C16H22FNO3/c1-9(2)6-15(20)11-7-12-14(18-10(3)19)4-5-21-16(12)13(17)8-11/h7-9,14-15,20H,4-6H2,1-3H3,(H,18,19). The van der Waals surface area contributed by atoms with Crippen molar-refractivity contribution in [2.24, 2.45) is 5.92 Å². The number of hydrogen-bond donors (Lipinski definition) is 2. The highest BCUT2D eigenvalue weighted by atomic mass is 19.1. The molecular formula is C16H22FNO3. The molecular weight excluding hydrogens is 273 g/mol. The smallest absolute Gasteiger partial charge is 0.217 e. The van der Waals surface area contributed by atoms with Crippen LogP contribution in [-0.4, -0.2) is 17.6 Å². The van der Waals surface area contributed by atoms with Crippen molar-refractivity contribution in [3.05, 3.63) is 29.1 Å². The number of fused-ring (bicyclic) bond motifs is 1. The quantitative estimate of drug-likeness (QED) is 0.898. The lowest BCUT2D eigenvalue weighted by molar-refractivity contribution is -0.119. The highest BCUT2D eigenvalue weighted by Gasteiger charge is 2.27. The molecule has 2 N–H and O–H groups in total. The number of hydrogen-bond acceptors (Lipinski definition) is 3. The number of ether oxygens (including phenoxy) is 1. The summed E-state index contributed by atoms with van der Waals surface area (Å²) in [5.74, 6) is -0.163. The highest BCUT2D eigenvalue weighted by molar-refractivity contribution is 5.73. The fraction of sp³-hybridized carbons (Fsp3) is 0.562. The number of amides is 1. The summed E-state index contributed by atoms with van der Waals surface area (Å²) in [7, 11) is 0. The molecule has 0 aromatic heterocycles. The molecule has 116 valence electrons. The van der Waals surface area contributed by atoms with Crippen LogP contribution in [0.2, 0.25) is 0 Å². The van der Waals surface area contributed by atoms with Gasteiger partial charge in [0, 0.05) is 18.9 Å². The third-order valence-electron chi connectivity index (χ3n) is 3.58. The number of benzene rings is 1. The van der Waals surface area contributed by atoms with Crippen molar-refractivity contribution in [1.82, 2.24) is 5.32 Å². The summed E-state index contributed by atoms with van der Waals surface area (Å²) in [5, 5.41) is 13.0. The van der Waals surface area contributed by atoms with Gasteiger partial charge >= 0.3 is 0 Å². The Morgan fingerprint density at radius 2 is 2.24 bits per heavy atom. The lowest BCUT2D eigenvalue weighted by Crippen LogP contribution is -2.31. The van der Waals surface area contributed by atoms with Gasteiger partial charge in [0.2, 0.25) is 5.91 Å². The van der Waals surface area contributed by atoms with Gasteiger partial charge in [-0.2, -0.15) is 0 Å². The molecule has 4 nitrogen and oxygen atoms in total. The van der Waals surface area contributed by atoms with Crippen LogP contribution in [-0.2, 0) is 4.79 Å². The summed E-state index contributed by atoms with van der Waals surface area (Å²) in [4.78, 5) is 11.3. The van der Waals surface area contributed by atoms with Crippen LogP contribution in [0.1, 0.15) is 56.9 Å². The number of carbonyl (C=O) groups excluding carboxylic acids is 1. The Bertz CT molecular complexity index is 530. The average Bonchev–Trinajstić information content (AvgIpc) is 2.38. The third kappa shape index (κ3) is 3.73. The lowest BCUT2D eigenvalue weighted by Gasteiger charge is -2.28. The molecule has 0 saturated carbocycles. The Labute approximate surface area is 124 Å². The van der Waals surface area contributed by atoms with E-state index >= 15 is 0 Å². The Morgan fingerprint density at radius 3 is 2.86 bits per heavy atom. The van der Waals surface area contributed by atoms with Crippen molar-refractivity contribution in [2.45, 2.75) is 45.8 Å². The van der Waals surface area contributed by atoms with E-state index in [0.717, 1.165) is 0 Å². The number of halogens is 1.